The number of thiazole rings is 1. The summed E-state index contributed by atoms with van der Waals surface area (Å²) in [6.45, 7) is 0. The molecule has 0 aliphatic heterocycles. The molecule has 1 aliphatic carbocycles. The smallest absolute Gasteiger partial charge is 0.277 e. The molecule has 2 aromatic heterocycles. The van der Waals surface area contributed by atoms with Crippen LogP contribution < -0.4 is 5.73 Å². The number of hydrogen-bond donors (Lipinski definition) is 1. The Bertz CT molecular complexity index is 811. The van der Waals surface area contributed by atoms with E-state index in [-0.39, 0.29) is 12.4 Å². The summed E-state index contributed by atoms with van der Waals surface area (Å²) in [6, 6.07) is 7.57. The van der Waals surface area contributed by atoms with Crippen LogP contribution in [0.2, 0.25) is 5.02 Å². The minimum absolute atomic E-state index is 0. The fourth-order valence-corrected chi connectivity index (χ4v) is 3.33. The van der Waals surface area contributed by atoms with Crippen LogP contribution in [0.25, 0.3) is 22.2 Å². The molecule has 2 N–H and O–H groups in total. The van der Waals surface area contributed by atoms with Crippen LogP contribution >= 0.6 is 35.3 Å². The van der Waals surface area contributed by atoms with Crippen LogP contribution in [0.4, 0.5) is 0 Å². The highest BCUT2D eigenvalue weighted by Crippen LogP contribution is 2.38. The lowest BCUT2D eigenvalue weighted by molar-refractivity contribution is 0.229. The van der Waals surface area contributed by atoms with Crippen molar-refractivity contribution < 1.29 is 4.52 Å². The van der Waals surface area contributed by atoms with Crippen molar-refractivity contribution in [3.05, 3.63) is 40.5 Å². The first kappa shape index (κ1) is 16.4. The van der Waals surface area contributed by atoms with Gasteiger partial charge >= 0.3 is 0 Å². The summed E-state index contributed by atoms with van der Waals surface area (Å²) in [7, 11) is 0. The fraction of sp³-hybridized carbons (Fsp3) is 0.267. The molecule has 3 aromatic rings. The third kappa shape index (κ3) is 2.99. The van der Waals surface area contributed by atoms with E-state index in [0.717, 1.165) is 29.8 Å². The van der Waals surface area contributed by atoms with E-state index in [4.69, 9.17) is 21.9 Å². The highest BCUT2D eigenvalue weighted by Gasteiger charge is 2.39. The molecule has 0 unspecified atom stereocenters. The molecular weight excluding hydrogens is 355 g/mol. The molecule has 0 atom stereocenters. The molecule has 23 heavy (non-hydrogen) atoms. The van der Waals surface area contributed by atoms with E-state index in [0.29, 0.717) is 22.4 Å². The van der Waals surface area contributed by atoms with Gasteiger partial charge in [-0.3, -0.25) is 0 Å². The zero-order valence-corrected chi connectivity index (χ0v) is 14.4. The maximum atomic E-state index is 6.21. The van der Waals surface area contributed by atoms with E-state index in [1.165, 1.54) is 11.3 Å². The van der Waals surface area contributed by atoms with Gasteiger partial charge in [0.15, 0.2) is 5.82 Å². The number of rotatable bonds is 3. The molecule has 1 aromatic carbocycles. The van der Waals surface area contributed by atoms with E-state index >= 15 is 0 Å². The Labute approximate surface area is 148 Å². The topological polar surface area (TPSA) is 77.8 Å². The number of nitrogens with zero attached hydrogens (tertiary/aromatic N) is 3. The number of halogens is 2. The Morgan fingerprint density at radius 3 is 2.57 bits per heavy atom. The first-order chi connectivity index (χ1) is 10.6. The minimum Gasteiger partial charge on any atom is -0.332 e. The largest absolute Gasteiger partial charge is 0.332 e. The average Bonchev–Trinajstić information content (AvgIpc) is 3.14. The van der Waals surface area contributed by atoms with Crippen LogP contribution in [-0.4, -0.2) is 15.1 Å². The van der Waals surface area contributed by atoms with Crippen LogP contribution in [0, 0.1) is 0 Å². The Morgan fingerprint density at radius 1 is 1.17 bits per heavy atom. The third-order valence-electron chi connectivity index (χ3n) is 3.93. The molecule has 0 amide bonds. The lowest BCUT2D eigenvalue weighted by Gasteiger charge is -2.34. The fourth-order valence-electron chi connectivity index (χ4n) is 2.41. The molecular formula is C15H14Cl2N4OS. The first-order valence-corrected chi connectivity index (χ1v) is 8.25. The Balaban J connectivity index is 0.00000156. The van der Waals surface area contributed by atoms with E-state index in [9.17, 15) is 0 Å². The van der Waals surface area contributed by atoms with Crippen molar-refractivity contribution in [1.29, 1.82) is 0 Å². The van der Waals surface area contributed by atoms with Crippen molar-refractivity contribution in [2.75, 3.05) is 0 Å². The number of nitrogens with two attached hydrogens (primary N) is 1. The van der Waals surface area contributed by atoms with Crippen LogP contribution in [0.5, 0.6) is 0 Å². The molecule has 4 rings (SSSR count). The standard InChI is InChI=1S/C15H13ClN4OS.ClH/c16-10-4-2-9(3-5-10)13-18-11(8-22-13)12-19-14(20-21-12)15(17)6-1-7-15;/h2-5,8H,1,6-7,17H2;1H. The SMILES string of the molecule is Cl.NC1(c2noc(-c3csc(-c4ccc(Cl)cc4)n3)n2)CCC1. The summed E-state index contributed by atoms with van der Waals surface area (Å²) in [5, 5.41) is 7.51. The Kier molecular flexibility index (Phi) is 4.42. The van der Waals surface area contributed by atoms with Gasteiger partial charge in [-0.15, -0.1) is 23.7 Å². The molecule has 5 nitrogen and oxygen atoms in total. The number of aromatic nitrogens is 3. The Morgan fingerprint density at radius 2 is 1.91 bits per heavy atom. The van der Waals surface area contributed by atoms with Gasteiger partial charge in [0.1, 0.15) is 10.7 Å². The molecule has 1 saturated carbocycles. The van der Waals surface area contributed by atoms with Crippen LogP contribution in [0.1, 0.15) is 25.1 Å². The first-order valence-electron chi connectivity index (χ1n) is 6.99. The van der Waals surface area contributed by atoms with Crippen molar-refractivity contribution in [1.82, 2.24) is 15.1 Å². The predicted octanol–water partition coefficient (Wildman–Crippen LogP) is 4.27. The lowest BCUT2D eigenvalue weighted by Crippen LogP contribution is -2.44. The normalized spacial score (nSPS) is 15.7. The molecule has 0 spiro atoms. The van der Waals surface area contributed by atoms with Crippen molar-refractivity contribution >= 4 is 35.3 Å². The van der Waals surface area contributed by atoms with E-state index in [2.05, 4.69) is 15.1 Å². The van der Waals surface area contributed by atoms with Gasteiger partial charge in [0.05, 0.1) is 5.54 Å². The van der Waals surface area contributed by atoms with E-state index in [1.54, 1.807) is 0 Å². The molecule has 2 heterocycles. The zero-order valence-electron chi connectivity index (χ0n) is 12.0. The van der Waals surface area contributed by atoms with Gasteiger partial charge in [0.25, 0.3) is 5.89 Å². The summed E-state index contributed by atoms with van der Waals surface area (Å²) >= 11 is 7.43. The highest BCUT2D eigenvalue weighted by atomic mass is 35.5. The number of benzene rings is 1. The summed E-state index contributed by atoms with van der Waals surface area (Å²) in [4.78, 5) is 8.97. The third-order valence-corrected chi connectivity index (χ3v) is 5.07. The van der Waals surface area contributed by atoms with Crippen LogP contribution in [-0.2, 0) is 5.54 Å². The van der Waals surface area contributed by atoms with Gasteiger partial charge in [0, 0.05) is 16.0 Å². The molecule has 1 fully saturated rings. The summed E-state index contributed by atoms with van der Waals surface area (Å²) in [5.74, 6) is 0.998. The van der Waals surface area contributed by atoms with Crippen molar-refractivity contribution in [2.24, 2.45) is 5.73 Å². The quantitative estimate of drug-likeness (QED) is 0.746. The minimum atomic E-state index is -0.420. The molecule has 1 aliphatic rings. The predicted molar refractivity (Wildman–Crippen MR) is 92.8 cm³/mol. The monoisotopic (exact) mass is 368 g/mol. The van der Waals surface area contributed by atoms with Gasteiger partial charge in [-0.25, -0.2) is 4.98 Å². The average molecular weight is 369 g/mol. The van der Waals surface area contributed by atoms with Gasteiger partial charge in [-0.1, -0.05) is 28.9 Å². The summed E-state index contributed by atoms with van der Waals surface area (Å²) < 4.78 is 5.32. The second-order valence-corrected chi connectivity index (χ2v) is 6.77. The summed E-state index contributed by atoms with van der Waals surface area (Å²) in [5.41, 5.74) is 7.48. The van der Waals surface area contributed by atoms with Gasteiger partial charge in [-0.05, 0) is 31.4 Å². The second-order valence-electron chi connectivity index (χ2n) is 5.48. The Hall–Kier alpha value is -1.47. The van der Waals surface area contributed by atoms with Crippen LogP contribution in [0.3, 0.4) is 0 Å². The van der Waals surface area contributed by atoms with E-state index in [1.807, 2.05) is 29.6 Å². The van der Waals surface area contributed by atoms with Crippen molar-refractivity contribution in [3.8, 4) is 22.2 Å². The molecule has 8 heteroatoms. The molecule has 0 bridgehead atoms. The second kappa shape index (κ2) is 6.20. The highest BCUT2D eigenvalue weighted by molar-refractivity contribution is 7.13. The molecule has 0 radical (unpaired) electrons. The van der Waals surface area contributed by atoms with Crippen molar-refractivity contribution in [2.45, 2.75) is 24.8 Å². The van der Waals surface area contributed by atoms with Crippen molar-refractivity contribution in [3.63, 3.8) is 0 Å². The molecule has 0 saturated heterocycles. The van der Waals surface area contributed by atoms with Crippen LogP contribution in [0.15, 0.2) is 34.2 Å². The van der Waals surface area contributed by atoms with Gasteiger partial charge in [0.2, 0.25) is 0 Å². The lowest BCUT2D eigenvalue weighted by atomic mass is 9.77. The van der Waals surface area contributed by atoms with Gasteiger partial charge in [-0.2, -0.15) is 4.98 Å². The number of hydrogen-bond acceptors (Lipinski definition) is 6. The van der Waals surface area contributed by atoms with Gasteiger partial charge < -0.3 is 10.3 Å². The summed E-state index contributed by atoms with van der Waals surface area (Å²) in [6.07, 6.45) is 2.91. The zero-order chi connectivity index (χ0) is 15.2. The maximum Gasteiger partial charge on any atom is 0.277 e. The molecule has 120 valence electrons. The maximum absolute atomic E-state index is 6.21. The van der Waals surface area contributed by atoms with E-state index < -0.39 is 5.54 Å².